The molecule has 8 rings (SSSR count). The van der Waals surface area contributed by atoms with Crippen molar-refractivity contribution in [2.24, 2.45) is 10.9 Å². The van der Waals surface area contributed by atoms with E-state index in [4.69, 9.17) is 14.7 Å². The average molecular weight is 567 g/mol. The first-order chi connectivity index (χ1) is 20.2. The van der Waals surface area contributed by atoms with E-state index < -0.39 is 5.60 Å². The van der Waals surface area contributed by atoms with Crippen LogP contribution in [0.2, 0.25) is 0 Å². The van der Waals surface area contributed by atoms with Gasteiger partial charge in [0.15, 0.2) is 11.5 Å². The van der Waals surface area contributed by atoms with Crippen molar-refractivity contribution in [3.05, 3.63) is 82.9 Å². The summed E-state index contributed by atoms with van der Waals surface area (Å²) in [5.74, 6) is 2.07. The number of anilines is 2. The van der Waals surface area contributed by atoms with Crippen LogP contribution in [0, 0.1) is 5.92 Å². The Morgan fingerprint density at radius 1 is 1.17 bits per heavy atom. The molecule has 1 spiro atoms. The number of piperidine rings is 3. The molecule has 11 nitrogen and oxygen atoms in total. The van der Waals surface area contributed by atoms with Gasteiger partial charge in [0, 0.05) is 29.9 Å². The number of allylic oxidation sites excluding steroid dienone is 1. The molecule has 3 aromatic heterocycles. The first kappa shape index (κ1) is 26.5. The van der Waals surface area contributed by atoms with Gasteiger partial charge in [0.1, 0.15) is 16.6 Å². The summed E-state index contributed by atoms with van der Waals surface area (Å²) >= 11 is 0. The standard InChI is InChI=1S/C31H34N8O3/c1-4-14-38-28(40)23-17-32-29(36-26(23)39(38)25-7-5-6-24(35-25)30(2,3)41)34-22-10-8-20(9-11-22)27-33-18-31(42-27)19-37-15-12-21(31)13-16-37/h4-11,17,21,41H,1,12-16,18-19H2,2-3H3,(H,32,34,36). The van der Waals surface area contributed by atoms with Crippen molar-refractivity contribution < 1.29 is 9.84 Å². The minimum absolute atomic E-state index is 0.175. The van der Waals surface area contributed by atoms with Gasteiger partial charge in [-0.25, -0.2) is 24.3 Å². The van der Waals surface area contributed by atoms with Crippen molar-refractivity contribution in [2.75, 3.05) is 31.5 Å². The molecule has 4 aromatic rings. The molecule has 216 valence electrons. The normalized spacial score (nSPS) is 23.3. The van der Waals surface area contributed by atoms with Crippen LogP contribution in [0.25, 0.3) is 16.9 Å². The molecule has 4 aliphatic heterocycles. The summed E-state index contributed by atoms with van der Waals surface area (Å²) in [6, 6.07) is 13.2. The maximum absolute atomic E-state index is 13.3. The van der Waals surface area contributed by atoms with Crippen molar-refractivity contribution in [3.63, 3.8) is 0 Å². The maximum atomic E-state index is 13.3. The molecule has 42 heavy (non-hydrogen) atoms. The fourth-order valence-electron chi connectivity index (χ4n) is 6.35. The monoisotopic (exact) mass is 566 g/mol. The third-order valence-corrected chi connectivity index (χ3v) is 8.56. The number of rotatable bonds is 7. The number of benzene rings is 1. The van der Waals surface area contributed by atoms with Crippen molar-refractivity contribution in [1.82, 2.24) is 29.2 Å². The van der Waals surface area contributed by atoms with Gasteiger partial charge in [-0.05, 0) is 76.2 Å². The molecule has 4 aliphatic rings. The van der Waals surface area contributed by atoms with Crippen LogP contribution in [-0.2, 0) is 16.9 Å². The number of aliphatic imine (C=N–C) groups is 1. The van der Waals surface area contributed by atoms with Gasteiger partial charge in [0.05, 0.1) is 18.8 Å². The summed E-state index contributed by atoms with van der Waals surface area (Å²) in [7, 11) is 0. The minimum atomic E-state index is -1.15. The van der Waals surface area contributed by atoms with Gasteiger partial charge in [-0.1, -0.05) is 12.1 Å². The van der Waals surface area contributed by atoms with Crippen LogP contribution in [0.15, 0.2) is 71.1 Å². The summed E-state index contributed by atoms with van der Waals surface area (Å²) in [5, 5.41) is 14.1. The second-order valence-corrected chi connectivity index (χ2v) is 11.9. The van der Waals surface area contributed by atoms with Crippen molar-refractivity contribution in [1.29, 1.82) is 0 Å². The number of hydrogen-bond acceptors (Lipinski definition) is 9. The zero-order valence-electron chi connectivity index (χ0n) is 23.8. The van der Waals surface area contributed by atoms with Crippen molar-refractivity contribution >= 4 is 28.6 Å². The van der Waals surface area contributed by atoms with E-state index in [1.54, 1.807) is 42.8 Å². The second kappa shape index (κ2) is 9.88. The number of ether oxygens (including phenoxy) is 1. The Hall–Kier alpha value is -4.35. The van der Waals surface area contributed by atoms with Crippen molar-refractivity contribution in [3.8, 4) is 5.82 Å². The molecule has 0 amide bonds. The van der Waals surface area contributed by atoms with Gasteiger partial charge < -0.3 is 15.2 Å². The Morgan fingerprint density at radius 2 is 1.95 bits per heavy atom. The highest BCUT2D eigenvalue weighted by Gasteiger charge is 2.51. The Balaban J connectivity index is 1.16. The molecule has 2 N–H and O–H groups in total. The highest BCUT2D eigenvalue weighted by atomic mass is 16.5. The zero-order chi connectivity index (χ0) is 29.1. The van der Waals surface area contributed by atoms with Crippen LogP contribution in [0.1, 0.15) is 37.9 Å². The molecule has 2 bridgehead atoms. The van der Waals surface area contributed by atoms with Crippen LogP contribution < -0.4 is 10.9 Å². The van der Waals surface area contributed by atoms with Crippen LogP contribution >= 0.6 is 0 Å². The first-order valence-corrected chi connectivity index (χ1v) is 14.4. The largest absolute Gasteiger partial charge is 0.467 e. The lowest BCUT2D eigenvalue weighted by Gasteiger charge is -2.50. The first-order valence-electron chi connectivity index (χ1n) is 14.4. The number of fused-ring (bicyclic) bond motifs is 3. The molecule has 3 saturated heterocycles. The Bertz CT molecular complexity index is 1760. The number of hydrogen-bond donors (Lipinski definition) is 2. The van der Waals surface area contributed by atoms with E-state index in [0.717, 1.165) is 37.4 Å². The average Bonchev–Trinajstić information content (AvgIpc) is 3.52. The van der Waals surface area contributed by atoms with E-state index in [2.05, 4.69) is 26.8 Å². The van der Waals surface area contributed by atoms with E-state index in [9.17, 15) is 9.90 Å². The maximum Gasteiger partial charge on any atom is 0.278 e. The molecule has 1 atom stereocenters. The second-order valence-electron chi connectivity index (χ2n) is 11.9. The van der Waals surface area contributed by atoms with Crippen LogP contribution in [0.4, 0.5) is 11.6 Å². The molecule has 0 saturated carbocycles. The topological polar surface area (TPSA) is 123 Å². The van der Waals surface area contributed by atoms with E-state index in [1.165, 1.54) is 23.7 Å². The molecule has 11 heteroatoms. The summed E-state index contributed by atoms with van der Waals surface area (Å²) < 4.78 is 9.68. The Morgan fingerprint density at radius 3 is 2.64 bits per heavy atom. The molecule has 7 heterocycles. The van der Waals surface area contributed by atoms with Crippen LogP contribution in [0.5, 0.6) is 0 Å². The molecule has 1 unspecified atom stereocenters. The predicted molar refractivity (Wildman–Crippen MR) is 160 cm³/mol. The highest BCUT2D eigenvalue weighted by Crippen LogP contribution is 2.41. The van der Waals surface area contributed by atoms with E-state index >= 15 is 0 Å². The van der Waals surface area contributed by atoms with Crippen molar-refractivity contribution in [2.45, 2.75) is 44.4 Å². The molecular weight excluding hydrogens is 532 g/mol. The molecule has 3 fully saturated rings. The highest BCUT2D eigenvalue weighted by molar-refractivity contribution is 5.96. The van der Waals surface area contributed by atoms with E-state index in [-0.39, 0.29) is 17.7 Å². The Kier molecular flexibility index (Phi) is 6.25. The smallest absolute Gasteiger partial charge is 0.278 e. The fourth-order valence-corrected chi connectivity index (χ4v) is 6.35. The van der Waals surface area contributed by atoms with Gasteiger partial charge in [-0.2, -0.15) is 4.98 Å². The van der Waals surface area contributed by atoms with Crippen LogP contribution in [0.3, 0.4) is 0 Å². The van der Waals surface area contributed by atoms with Crippen LogP contribution in [-0.4, -0.2) is 72.0 Å². The third-order valence-electron chi connectivity index (χ3n) is 8.56. The molecular formula is C31H34N8O3. The lowest BCUT2D eigenvalue weighted by molar-refractivity contribution is -0.0825. The Labute approximate surface area is 243 Å². The summed E-state index contributed by atoms with van der Waals surface area (Å²) in [6.45, 7) is 11.4. The summed E-state index contributed by atoms with van der Waals surface area (Å²) in [5.41, 5.74) is 1.02. The van der Waals surface area contributed by atoms with Gasteiger partial charge in [-0.15, -0.1) is 6.58 Å². The molecule has 1 aromatic carbocycles. The molecule has 0 radical (unpaired) electrons. The third kappa shape index (κ3) is 4.49. The number of nitrogens with one attached hydrogen (secondary N) is 1. The number of aromatic nitrogens is 5. The zero-order valence-corrected chi connectivity index (χ0v) is 23.8. The quantitative estimate of drug-likeness (QED) is 0.327. The minimum Gasteiger partial charge on any atom is -0.467 e. The van der Waals surface area contributed by atoms with Gasteiger partial charge in [0.2, 0.25) is 11.8 Å². The van der Waals surface area contributed by atoms with E-state index in [1.807, 2.05) is 24.3 Å². The fraction of sp³-hybridized carbons (Fsp3) is 0.387. The van der Waals surface area contributed by atoms with E-state index in [0.29, 0.717) is 40.3 Å². The lowest BCUT2D eigenvalue weighted by Crippen LogP contribution is -2.60. The predicted octanol–water partition coefficient (Wildman–Crippen LogP) is 3.38. The SMILES string of the molecule is C=CCn1c(=O)c2cnc(Nc3ccc(C4=NCC5(CN6CCC5CC6)O4)cc3)nc2n1-c1cccc(C(C)(C)O)n1. The lowest BCUT2D eigenvalue weighted by atomic mass is 9.75. The number of aliphatic hydroxyl groups is 1. The van der Waals surface area contributed by atoms with Gasteiger partial charge in [0.25, 0.3) is 5.56 Å². The van der Waals surface area contributed by atoms with Gasteiger partial charge >= 0.3 is 0 Å². The summed E-state index contributed by atoms with van der Waals surface area (Å²) in [6.07, 6.45) is 5.52. The molecule has 0 aliphatic carbocycles. The number of pyridine rings is 1. The summed E-state index contributed by atoms with van der Waals surface area (Å²) in [4.78, 5) is 34.3. The number of nitrogens with zero attached hydrogens (tertiary/aromatic N) is 7. The van der Waals surface area contributed by atoms with Gasteiger partial charge in [-0.3, -0.25) is 9.69 Å².